The Hall–Kier alpha value is -0.120. The van der Waals surface area contributed by atoms with Crippen LogP contribution in [0.3, 0.4) is 0 Å². The molecule has 0 fully saturated rings. The van der Waals surface area contributed by atoms with E-state index in [1.807, 2.05) is 0 Å². The fourth-order valence-electron chi connectivity index (χ4n) is 0.746. The van der Waals surface area contributed by atoms with Gasteiger partial charge in [-0.05, 0) is 13.3 Å². The number of rotatable bonds is 5. The third-order valence-corrected chi connectivity index (χ3v) is 4.28. The lowest BCUT2D eigenvalue weighted by Crippen LogP contribution is -2.34. The van der Waals surface area contributed by atoms with Crippen LogP contribution in [-0.4, -0.2) is 36.9 Å². The van der Waals surface area contributed by atoms with Gasteiger partial charge in [-0.3, -0.25) is 0 Å². The first-order valence-electron chi connectivity index (χ1n) is 3.87. The van der Waals surface area contributed by atoms with Crippen molar-refractivity contribution >= 4 is 26.0 Å². The van der Waals surface area contributed by atoms with Gasteiger partial charge in [0.25, 0.3) is 0 Å². The molecule has 0 aliphatic rings. The molecule has 0 aliphatic carbocycles. The molecule has 0 aliphatic heterocycles. The van der Waals surface area contributed by atoms with Gasteiger partial charge in [-0.15, -0.1) is 0 Å². The Morgan fingerprint density at radius 3 is 2.54 bits per heavy atom. The molecule has 1 atom stereocenters. The Morgan fingerprint density at radius 2 is 2.15 bits per heavy atom. The maximum Gasteiger partial charge on any atom is 0.229 e. The van der Waals surface area contributed by atoms with Crippen LogP contribution in [0.15, 0.2) is 0 Å². The number of nitriles is 1. The van der Waals surface area contributed by atoms with Gasteiger partial charge >= 0.3 is 0 Å². The first-order valence-corrected chi connectivity index (χ1v) is 6.50. The number of halogens is 1. The van der Waals surface area contributed by atoms with Crippen molar-refractivity contribution in [2.75, 3.05) is 18.9 Å². The van der Waals surface area contributed by atoms with Gasteiger partial charge in [0.2, 0.25) is 10.0 Å². The topological polar surface area (TPSA) is 61.2 Å². The number of hydrogen-bond acceptors (Lipinski definition) is 3. The van der Waals surface area contributed by atoms with Gasteiger partial charge in [-0.25, -0.2) is 12.7 Å². The standard InChI is InChI=1S/C7H13BrN2O2S/c1-7(6-9)13(11,12)10(2)5-3-4-8/h7H,3-5H2,1-2H3. The van der Waals surface area contributed by atoms with E-state index < -0.39 is 15.3 Å². The van der Waals surface area contributed by atoms with E-state index in [1.54, 1.807) is 6.07 Å². The van der Waals surface area contributed by atoms with E-state index >= 15 is 0 Å². The monoisotopic (exact) mass is 268 g/mol. The average molecular weight is 269 g/mol. The molecular formula is C7H13BrN2O2S. The molecule has 4 nitrogen and oxygen atoms in total. The summed E-state index contributed by atoms with van der Waals surface area (Å²) >= 11 is 3.21. The minimum absolute atomic E-state index is 0.444. The second-order valence-electron chi connectivity index (χ2n) is 2.68. The third kappa shape index (κ3) is 3.63. The Labute approximate surface area is 87.7 Å². The van der Waals surface area contributed by atoms with Crippen LogP contribution in [0.4, 0.5) is 0 Å². The molecular weight excluding hydrogens is 256 g/mol. The van der Waals surface area contributed by atoms with E-state index in [9.17, 15) is 8.42 Å². The average Bonchev–Trinajstić information content (AvgIpc) is 2.12. The van der Waals surface area contributed by atoms with E-state index in [0.29, 0.717) is 6.54 Å². The van der Waals surface area contributed by atoms with Crippen LogP contribution in [0, 0.1) is 11.3 Å². The molecule has 0 rings (SSSR count). The molecule has 0 saturated heterocycles. The van der Waals surface area contributed by atoms with Crippen LogP contribution >= 0.6 is 15.9 Å². The Kier molecular flexibility index (Phi) is 5.53. The molecule has 0 heterocycles. The fraction of sp³-hybridized carbons (Fsp3) is 0.857. The summed E-state index contributed by atoms with van der Waals surface area (Å²) in [6, 6.07) is 1.72. The highest BCUT2D eigenvalue weighted by atomic mass is 79.9. The highest BCUT2D eigenvalue weighted by Crippen LogP contribution is 2.06. The zero-order valence-electron chi connectivity index (χ0n) is 7.70. The first-order chi connectivity index (χ1) is 5.96. The Morgan fingerprint density at radius 1 is 1.62 bits per heavy atom. The van der Waals surface area contributed by atoms with Gasteiger partial charge in [0.15, 0.2) is 5.25 Å². The van der Waals surface area contributed by atoms with E-state index in [2.05, 4.69) is 15.9 Å². The van der Waals surface area contributed by atoms with Crippen LogP contribution in [0.5, 0.6) is 0 Å². The van der Waals surface area contributed by atoms with Crippen LogP contribution in [0.25, 0.3) is 0 Å². The van der Waals surface area contributed by atoms with Crippen molar-refractivity contribution in [3.05, 3.63) is 0 Å². The predicted octanol–water partition coefficient (Wildman–Crippen LogP) is 0.945. The van der Waals surface area contributed by atoms with E-state index in [4.69, 9.17) is 5.26 Å². The smallest absolute Gasteiger partial charge is 0.211 e. The van der Waals surface area contributed by atoms with Crippen molar-refractivity contribution in [1.29, 1.82) is 5.26 Å². The van der Waals surface area contributed by atoms with Gasteiger partial charge in [0.05, 0.1) is 6.07 Å². The zero-order chi connectivity index (χ0) is 10.5. The van der Waals surface area contributed by atoms with Crippen molar-refractivity contribution < 1.29 is 8.42 Å². The van der Waals surface area contributed by atoms with Crippen LogP contribution in [0.1, 0.15) is 13.3 Å². The molecule has 1 unspecified atom stereocenters. The summed E-state index contributed by atoms with van der Waals surface area (Å²) in [5.41, 5.74) is 0. The highest BCUT2D eigenvalue weighted by molar-refractivity contribution is 9.09. The summed E-state index contributed by atoms with van der Waals surface area (Å²) in [5.74, 6) is 0. The molecule has 0 spiro atoms. The van der Waals surface area contributed by atoms with Crippen molar-refractivity contribution in [2.45, 2.75) is 18.6 Å². The summed E-state index contributed by atoms with van der Waals surface area (Å²) in [7, 11) is -1.92. The van der Waals surface area contributed by atoms with Crippen molar-refractivity contribution in [1.82, 2.24) is 4.31 Å². The van der Waals surface area contributed by atoms with Gasteiger partial charge in [-0.1, -0.05) is 15.9 Å². The lowest BCUT2D eigenvalue weighted by Gasteiger charge is -2.17. The summed E-state index contributed by atoms with van der Waals surface area (Å²) in [5, 5.41) is 8.27. The Balaban J connectivity index is 4.39. The minimum atomic E-state index is -3.41. The molecule has 13 heavy (non-hydrogen) atoms. The molecule has 6 heteroatoms. The summed E-state index contributed by atoms with van der Waals surface area (Å²) < 4.78 is 24.1. The van der Waals surface area contributed by atoms with Gasteiger partial charge in [0, 0.05) is 18.9 Å². The molecule has 0 aromatic heterocycles. The maximum atomic E-state index is 11.5. The molecule has 0 bridgehead atoms. The van der Waals surface area contributed by atoms with E-state index in [0.717, 1.165) is 11.8 Å². The number of sulfonamides is 1. The fourth-order valence-corrected chi connectivity index (χ4v) is 2.05. The van der Waals surface area contributed by atoms with Gasteiger partial charge in [-0.2, -0.15) is 5.26 Å². The molecule has 76 valence electrons. The van der Waals surface area contributed by atoms with Gasteiger partial charge < -0.3 is 0 Å². The largest absolute Gasteiger partial charge is 0.229 e. The lowest BCUT2D eigenvalue weighted by molar-refractivity contribution is 0.466. The minimum Gasteiger partial charge on any atom is -0.211 e. The zero-order valence-corrected chi connectivity index (χ0v) is 10.1. The summed E-state index contributed by atoms with van der Waals surface area (Å²) in [4.78, 5) is 0. The number of nitrogens with zero attached hydrogens (tertiary/aromatic N) is 2. The van der Waals surface area contributed by atoms with E-state index in [-0.39, 0.29) is 0 Å². The molecule has 0 saturated carbocycles. The molecule has 0 aromatic carbocycles. The summed E-state index contributed by atoms with van der Waals surface area (Å²) in [6.07, 6.45) is 0.744. The Bertz CT molecular complexity index is 283. The molecule has 0 aromatic rings. The van der Waals surface area contributed by atoms with Crippen molar-refractivity contribution in [3.8, 4) is 6.07 Å². The van der Waals surface area contributed by atoms with Crippen molar-refractivity contribution in [2.24, 2.45) is 0 Å². The molecule has 0 amide bonds. The SMILES string of the molecule is CC(C#N)S(=O)(=O)N(C)CCCBr. The van der Waals surface area contributed by atoms with Crippen LogP contribution in [-0.2, 0) is 10.0 Å². The number of hydrogen-bond donors (Lipinski definition) is 0. The van der Waals surface area contributed by atoms with Crippen LogP contribution < -0.4 is 0 Å². The number of alkyl halides is 1. The highest BCUT2D eigenvalue weighted by Gasteiger charge is 2.24. The molecule has 0 radical (unpaired) electrons. The maximum absolute atomic E-state index is 11.5. The first kappa shape index (κ1) is 12.9. The van der Waals surface area contributed by atoms with Crippen molar-refractivity contribution in [3.63, 3.8) is 0 Å². The van der Waals surface area contributed by atoms with Crippen LogP contribution in [0.2, 0.25) is 0 Å². The van der Waals surface area contributed by atoms with Gasteiger partial charge in [0.1, 0.15) is 0 Å². The quantitative estimate of drug-likeness (QED) is 0.698. The molecule has 0 N–H and O–H groups in total. The van der Waals surface area contributed by atoms with E-state index in [1.165, 1.54) is 18.3 Å². The second kappa shape index (κ2) is 5.58. The summed E-state index contributed by atoms with van der Waals surface area (Å²) in [6.45, 7) is 1.83. The third-order valence-electron chi connectivity index (χ3n) is 1.67. The predicted molar refractivity (Wildman–Crippen MR) is 55.0 cm³/mol. The second-order valence-corrected chi connectivity index (χ2v) is 5.83. The normalized spacial score (nSPS) is 14.1. The lowest BCUT2D eigenvalue weighted by atomic mass is 10.5.